The molecule has 0 aliphatic rings. The molecule has 0 fully saturated rings. The number of hydrogen-bond donors (Lipinski definition) is 0. The van der Waals surface area contributed by atoms with Crippen LogP contribution in [0, 0.1) is 0 Å². The van der Waals surface area contributed by atoms with E-state index in [9.17, 15) is 11.0 Å². The van der Waals surface area contributed by atoms with Crippen molar-refractivity contribution in [2.24, 2.45) is 0 Å². The van der Waals surface area contributed by atoms with Gasteiger partial charge in [-0.1, -0.05) is 170 Å². The standard InChI is InChI=1S/C52H35NO/c1-3-10-36(11-4-1)38-18-22-40(23-19-38)42-26-31-45(32-27-42)53(46-33-28-43(29-34-46)41-24-20-39(21-25-41)37-12-5-2-6-13-37)49-16-9-17-50-51(49)48-35-30-44-14-7-8-15-47(44)52(48)54-50/h1-35H/i1D,3D,4D,10D,11D,18D,19D,22D,23D,26D,27D,28D,29D,31D,32D,33D,34D. The molecule has 0 amide bonds. The fourth-order valence-electron chi connectivity index (χ4n) is 6.58. The van der Waals surface area contributed by atoms with Crippen molar-refractivity contribution in [2.45, 2.75) is 0 Å². The Morgan fingerprint density at radius 1 is 0.370 bits per heavy atom. The van der Waals surface area contributed by atoms with Crippen molar-refractivity contribution < 1.29 is 27.7 Å². The predicted molar refractivity (Wildman–Crippen MR) is 228 cm³/mol. The molecule has 1 heterocycles. The van der Waals surface area contributed by atoms with E-state index >= 15 is 0 Å². The van der Waals surface area contributed by atoms with Gasteiger partial charge in [0.25, 0.3) is 0 Å². The zero-order valence-electron chi connectivity index (χ0n) is 45.2. The Bertz CT molecular complexity index is 3790. The third-order valence-electron chi connectivity index (χ3n) is 9.18. The van der Waals surface area contributed by atoms with Crippen LogP contribution in [0.25, 0.3) is 77.2 Å². The third-order valence-corrected chi connectivity index (χ3v) is 9.18. The molecule has 0 unspecified atom stereocenters. The zero-order valence-corrected chi connectivity index (χ0v) is 28.2. The smallest absolute Gasteiger partial charge is 0.143 e. The molecular weight excluding hydrogens is 655 g/mol. The van der Waals surface area contributed by atoms with Crippen molar-refractivity contribution in [2.75, 3.05) is 4.90 Å². The van der Waals surface area contributed by atoms with Crippen LogP contribution in [0.5, 0.6) is 0 Å². The van der Waals surface area contributed by atoms with Crippen molar-refractivity contribution in [1.29, 1.82) is 0 Å². The van der Waals surface area contributed by atoms with Gasteiger partial charge in [-0.15, -0.1) is 0 Å². The maximum absolute atomic E-state index is 9.66. The van der Waals surface area contributed by atoms with Crippen LogP contribution in [0.2, 0.25) is 0 Å². The van der Waals surface area contributed by atoms with Crippen molar-refractivity contribution in [1.82, 2.24) is 0 Å². The van der Waals surface area contributed by atoms with Gasteiger partial charge in [-0.3, -0.25) is 0 Å². The fourth-order valence-corrected chi connectivity index (χ4v) is 6.58. The Morgan fingerprint density at radius 2 is 0.889 bits per heavy atom. The first-order valence-electron chi connectivity index (χ1n) is 25.5. The van der Waals surface area contributed by atoms with Crippen LogP contribution < -0.4 is 4.90 Å². The van der Waals surface area contributed by atoms with Gasteiger partial charge < -0.3 is 9.32 Å². The molecule has 0 spiro atoms. The summed E-state index contributed by atoms with van der Waals surface area (Å²) in [7, 11) is 0. The Hall–Kier alpha value is -7.16. The second-order valence-corrected chi connectivity index (χ2v) is 12.4. The summed E-state index contributed by atoms with van der Waals surface area (Å²) < 4.78 is 160. The normalized spacial score (nSPS) is 15.7. The minimum Gasteiger partial charge on any atom is -0.455 e. The van der Waals surface area contributed by atoms with Gasteiger partial charge in [0.2, 0.25) is 0 Å². The van der Waals surface area contributed by atoms with E-state index in [0.717, 1.165) is 26.8 Å². The highest BCUT2D eigenvalue weighted by Gasteiger charge is 2.20. The van der Waals surface area contributed by atoms with Gasteiger partial charge in [0.15, 0.2) is 0 Å². The quantitative estimate of drug-likeness (QED) is 0.164. The van der Waals surface area contributed by atoms with Crippen LogP contribution in [-0.2, 0) is 0 Å². The van der Waals surface area contributed by atoms with E-state index in [1.807, 2.05) is 60.7 Å². The first-order chi connectivity index (χ1) is 33.9. The lowest BCUT2D eigenvalue weighted by Crippen LogP contribution is -2.10. The minimum absolute atomic E-state index is 0.0351. The summed E-state index contributed by atoms with van der Waals surface area (Å²) in [6, 6.07) is 19.7. The minimum atomic E-state index is -0.882. The van der Waals surface area contributed by atoms with Gasteiger partial charge in [0.05, 0.1) is 34.4 Å². The lowest BCUT2D eigenvalue weighted by molar-refractivity contribution is 0.672. The summed E-state index contributed by atoms with van der Waals surface area (Å²) in [5.74, 6) is 0. The first kappa shape index (κ1) is 18.6. The highest BCUT2D eigenvalue weighted by Crippen LogP contribution is 2.45. The van der Waals surface area contributed by atoms with Crippen LogP contribution in [0.15, 0.2) is 216 Å². The average molecular weight is 707 g/mol. The van der Waals surface area contributed by atoms with Crippen LogP contribution in [-0.4, -0.2) is 0 Å². The highest BCUT2D eigenvalue weighted by molar-refractivity contribution is 6.19. The number of furan rings is 1. The lowest BCUT2D eigenvalue weighted by atomic mass is 9.99. The lowest BCUT2D eigenvalue weighted by Gasteiger charge is -2.26. The van der Waals surface area contributed by atoms with Crippen molar-refractivity contribution in [3.8, 4) is 44.5 Å². The van der Waals surface area contributed by atoms with Gasteiger partial charge >= 0.3 is 0 Å². The summed E-state index contributed by atoms with van der Waals surface area (Å²) in [5, 5.41) is 2.51. The topological polar surface area (TPSA) is 16.4 Å². The molecule has 2 heteroatoms. The number of nitrogens with zero attached hydrogens (tertiary/aromatic N) is 1. The molecule has 1 aromatic heterocycles. The number of hydrogen-bond acceptors (Lipinski definition) is 2. The summed E-state index contributed by atoms with van der Waals surface area (Å²) in [5.41, 5.74) is -0.576. The maximum Gasteiger partial charge on any atom is 0.143 e. The number of fused-ring (bicyclic) bond motifs is 5. The van der Waals surface area contributed by atoms with E-state index in [1.54, 1.807) is 48.5 Å². The molecule has 54 heavy (non-hydrogen) atoms. The highest BCUT2D eigenvalue weighted by atomic mass is 16.3. The number of rotatable bonds is 7. The molecular formula is C52H35NO. The molecule has 0 radical (unpaired) electrons. The Morgan fingerprint density at radius 3 is 1.54 bits per heavy atom. The number of benzene rings is 9. The Balaban J connectivity index is 1.25. The second-order valence-electron chi connectivity index (χ2n) is 12.4. The molecule has 0 N–H and O–H groups in total. The summed E-state index contributed by atoms with van der Waals surface area (Å²) in [4.78, 5) is 1.14. The largest absolute Gasteiger partial charge is 0.455 e. The van der Waals surface area contributed by atoms with E-state index in [-0.39, 0.29) is 11.3 Å². The Kier molecular flexibility index (Phi) is 4.61. The maximum atomic E-state index is 9.66. The third kappa shape index (κ3) is 5.71. The van der Waals surface area contributed by atoms with Crippen LogP contribution in [0.1, 0.15) is 23.3 Å². The molecule has 254 valence electrons. The van der Waals surface area contributed by atoms with Crippen LogP contribution in [0.4, 0.5) is 17.1 Å². The molecule has 0 saturated heterocycles. The monoisotopic (exact) mass is 706 g/mol. The van der Waals surface area contributed by atoms with E-state index in [1.165, 1.54) is 0 Å². The molecule has 0 aliphatic carbocycles. The van der Waals surface area contributed by atoms with Gasteiger partial charge in [-0.05, 0) is 92.3 Å². The van der Waals surface area contributed by atoms with E-state index in [0.29, 0.717) is 27.5 Å². The molecule has 10 rings (SSSR count). The average Bonchev–Trinajstić information content (AvgIpc) is 3.78. The summed E-state index contributed by atoms with van der Waals surface area (Å²) >= 11 is 0. The van der Waals surface area contributed by atoms with Crippen molar-refractivity contribution in [3.63, 3.8) is 0 Å². The van der Waals surface area contributed by atoms with Crippen molar-refractivity contribution >= 4 is 49.8 Å². The van der Waals surface area contributed by atoms with Gasteiger partial charge in [-0.2, -0.15) is 0 Å². The molecule has 2 nitrogen and oxygen atoms in total. The van der Waals surface area contributed by atoms with Crippen LogP contribution in [0.3, 0.4) is 0 Å². The van der Waals surface area contributed by atoms with Crippen LogP contribution >= 0.6 is 0 Å². The van der Waals surface area contributed by atoms with Gasteiger partial charge in [-0.25, -0.2) is 0 Å². The van der Waals surface area contributed by atoms with Gasteiger partial charge in [0.1, 0.15) is 11.2 Å². The fraction of sp³-hybridized carbons (Fsp3) is 0. The second kappa shape index (κ2) is 13.4. The SMILES string of the molecule is [2H]c1c([2H])c([2H])c(-c2c([2H])c([2H])c(-c3c([2H])c([2H])c(N(c4c([2H])c([2H])c(-c5ccc(-c6ccccc6)cc5)c([2H])c4[2H])c4cccc5oc6c7ccccc7ccc6c45)c([2H])c3[2H])c([2H])c2[2H])c([2H])c1[2H]. The molecule has 0 saturated carbocycles. The molecule has 0 atom stereocenters. The summed E-state index contributed by atoms with van der Waals surface area (Å²) in [6.07, 6.45) is 0. The zero-order chi connectivity index (χ0) is 50.6. The van der Waals surface area contributed by atoms with E-state index in [4.69, 9.17) is 16.8 Å². The van der Waals surface area contributed by atoms with Crippen molar-refractivity contribution in [3.05, 3.63) is 212 Å². The number of anilines is 3. The molecule has 10 aromatic rings. The first-order valence-corrected chi connectivity index (χ1v) is 17.0. The van der Waals surface area contributed by atoms with E-state index in [2.05, 4.69) is 0 Å². The van der Waals surface area contributed by atoms with Gasteiger partial charge in [0, 0.05) is 22.1 Å². The summed E-state index contributed by atoms with van der Waals surface area (Å²) in [6.45, 7) is 0. The Labute approximate surface area is 338 Å². The predicted octanol–water partition coefficient (Wildman–Crippen LogP) is 14.9. The van der Waals surface area contributed by atoms with E-state index < -0.39 is 136 Å². The molecule has 0 bridgehead atoms. The molecule has 0 aliphatic heterocycles. The molecule has 9 aromatic carbocycles.